The molecule has 5 nitrogen and oxygen atoms in total. The maximum atomic E-state index is 11.5. The minimum Gasteiger partial charge on any atom is -0.390 e. The molecule has 0 radical (unpaired) electrons. The van der Waals surface area contributed by atoms with E-state index in [0.717, 1.165) is 5.56 Å². The number of cyclic esters (lactones) is 2. The lowest BCUT2D eigenvalue weighted by molar-refractivity contribution is -0.160. The van der Waals surface area contributed by atoms with E-state index in [1.807, 2.05) is 30.3 Å². The molecule has 1 fully saturated rings. The first kappa shape index (κ1) is 10.0. The van der Waals surface area contributed by atoms with Crippen LogP contribution < -0.4 is 0 Å². The van der Waals surface area contributed by atoms with Gasteiger partial charge >= 0.3 is 11.9 Å². The normalized spacial score (nSPS) is 26.9. The van der Waals surface area contributed by atoms with E-state index in [9.17, 15) is 9.59 Å². The fourth-order valence-corrected chi connectivity index (χ4v) is 2.00. The van der Waals surface area contributed by atoms with E-state index in [2.05, 4.69) is 9.89 Å². The van der Waals surface area contributed by atoms with Gasteiger partial charge in [-0.25, -0.2) is 4.79 Å². The standard InChI is InChI=1S/C12H9NO4/c14-10-7-12(11(15)16-10)6-9(13-17-12)8-4-2-1-3-5-8/h1-5H,6-7H2. The molecule has 1 aromatic rings. The lowest BCUT2D eigenvalue weighted by Crippen LogP contribution is -2.34. The van der Waals surface area contributed by atoms with E-state index in [-0.39, 0.29) is 12.8 Å². The van der Waals surface area contributed by atoms with Crippen LogP contribution in [0.15, 0.2) is 35.5 Å². The number of esters is 2. The molecule has 1 saturated heterocycles. The summed E-state index contributed by atoms with van der Waals surface area (Å²) in [6.07, 6.45) is 0.216. The number of oxime groups is 1. The molecule has 1 unspecified atom stereocenters. The molecule has 0 aliphatic carbocycles. The number of ether oxygens (including phenoxy) is 1. The third-order valence-electron chi connectivity index (χ3n) is 2.90. The van der Waals surface area contributed by atoms with Gasteiger partial charge in [0.25, 0.3) is 0 Å². The maximum absolute atomic E-state index is 11.5. The van der Waals surface area contributed by atoms with E-state index < -0.39 is 17.5 Å². The smallest absolute Gasteiger partial charge is 0.362 e. The van der Waals surface area contributed by atoms with Gasteiger partial charge in [-0.1, -0.05) is 35.5 Å². The van der Waals surface area contributed by atoms with Gasteiger partial charge in [-0.15, -0.1) is 0 Å². The number of hydrogen-bond acceptors (Lipinski definition) is 5. The van der Waals surface area contributed by atoms with Crippen LogP contribution in [-0.2, 0) is 19.2 Å². The lowest BCUT2D eigenvalue weighted by Gasteiger charge is -2.12. The van der Waals surface area contributed by atoms with Gasteiger partial charge in [0.15, 0.2) is 0 Å². The third kappa shape index (κ3) is 1.51. The first-order valence-corrected chi connectivity index (χ1v) is 5.25. The Bertz CT molecular complexity index is 523. The minimum atomic E-state index is -1.22. The number of rotatable bonds is 1. The van der Waals surface area contributed by atoms with E-state index in [0.29, 0.717) is 5.71 Å². The number of carbonyl (C=O) groups is 2. The Morgan fingerprint density at radius 2 is 1.88 bits per heavy atom. The Morgan fingerprint density at radius 1 is 1.12 bits per heavy atom. The van der Waals surface area contributed by atoms with Gasteiger partial charge in [0, 0.05) is 6.42 Å². The van der Waals surface area contributed by atoms with Crippen molar-refractivity contribution in [3.63, 3.8) is 0 Å². The summed E-state index contributed by atoms with van der Waals surface area (Å²) in [4.78, 5) is 27.8. The molecule has 0 N–H and O–H groups in total. The summed E-state index contributed by atoms with van der Waals surface area (Å²) in [5.41, 5.74) is 0.330. The molecule has 1 spiro atoms. The van der Waals surface area contributed by atoms with Crippen molar-refractivity contribution in [3.05, 3.63) is 35.9 Å². The Hall–Kier alpha value is -2.17. The second-order valence-corrected chi connectivity index (χ2v) is 4.10. The topological polar surface area (TPSA) is 65.0 Å². The third-order valence-corrected chi connectivity index (χ3v) is 2.90. The van der Waals surface area contributed by atoms with Gasteiger partial charge in [-0.3, -0.25) is 4.79 Å². The molecule has 2 heterocycles. The Kier molecular flexibility index (Phi) is 2.01. The number of carbonyl (C=O) groups excluding carboxylic acids is 2. The summed E-state index contributed by atoms with van der Waals surface area (Å²) >= 11 is 0. The van der Waals surface area contributed by atoms with Crippen molar-refractivity contribution in [3.8, 4) is 0 Å². The largest absolute Gasteiger partial charge is 0.390 e. The van der Waals surface area contributed by atoms with Crippen LogP contribution in [0.4, 0.5) is 0 Å². The molecular formula is C12H9NO4. The highest BCUT2D eigenvalue weighted by Gasteiger charge is 2.55. The number of nitrogens with zero attached hydrogens (tertiary/aromatic N) is 1. The first-order valence-electron chi connectivity index (χ1n) is 5.25. The highest BCUT2D eigenvalue weighted by atomic mass is 16.7. The molecule has 0 saturated carbocycles. The molecule has 0 aromatic heterocycles. The fraction of sp³-hybridized carbons (Fsp3) is 0.250. The van der Waals surface area contributed by atoms with Crippen molar-refractivity contribution in [2.24, 2.45) is 5.16 Å². The van der Waals surface area contributed by atoms with Gasteiger partial charge < -0.3 is 9.57 Å². The van der Waals surface area contributed by atoms with Crippen molar-refractivity contribution in [1.82, 2.24) is 0 Å². The molecule has 17 heavy (non-hydrogen) atoms. The molecule has 3 rings (SSSR count). The van der Waals surface area contributed by atoms with Crippen LogP contribution in [-0.4, -0.2) is 23.3 Å². The molecule has 1 atom stereocenters. The molecule has 2 aliphatic heterocycles. The Labute approximate surface area is 97.0 Å². The van der Waals surface area contributed by atoms with Gasteiger partial charge in [-0.2, -0.15) is 0 Å². The van der Waals surface area contributed by atoms with Crippen LogP contribution in [0.1, 0.15) is 18.4 Å². The monoisotopic (exact) mass is 231 g/mol. The van der Waals surface area contributed by atoms with Crippen LogP contribution in [0.5, 0.6) is 0 Å². The molecule has 1 aromatic carbocycles. The van der Waals surface area contributed by atoms with E-state index in [1.54, 1.807) is 0 Å². The number of hydrogen-bond donors (Lipinski definition) is 0. The summed E-state index contributed by atoms with van der Waals surface area (Å²) in [5, 5.41) is 3.89. The Morgan fingerprint density at radius 3 is 2.53 bits per heavy atom. The predicted octanol–water partition coefficient (Wildman–Crippen LogP) is 1.02. The zero-order chi connectivity index (χ0) is 11.9. The molecule has 5 heteroatoms. The second-order valence-electron chi connectivity index (χ2n) is 4.10. The summed E-state index contributed by atoms with van der Waals surface area (Å²) in [6.45, 7) is 0. The second kappa shape index (κ2) is 3.41. The average Bonchev–Trinajstić information content (AvgIpc) is 2.86. The fourth-order valence-electron chi connectivity index (χ4n) is 2.00. The van der Waals surface area contributed by atoms with Crippen LogP contribution in [0.2, 0.25) is 0 Å². The quantitative estimate of drug-likeness (QED) is 0.534. The van der Waals surface area contributed by atoms with Crippen molar-refractivity contribution in [2.45, 2.75) is 18.4 Å². The van der Waals surface area contributed by atoms with Gasteiger partial charge in [0.2, 0.25) is 5.60 Å². The van der Waals surface area contributed by atoms with Crippen LogP contribution in [0.25, 0.3) is 0 Å². The van der Waals surface area contributed by atoms with Gasteiger partial charge in [-0.05, 0) is 5.56 Å². The number of benzene rings is 1. The average molecular weight is 231 g/mol. The molecule has 0 amide bonds. The summed E-state index contributed by atoms with van der Waals surface area (Å²) in [5.74, 6) is -1.20. The molecule has 2 aliphatic rings. The molecular weight excluding hydrogens is 222 g/mol. The predicted molar refractivity (Wildman–Crippen MR) is 57.1 cm³/mol. The van der Waals surface area contributed by atoms with Crippen molar-refractivity contribution in [1.29, 1.82) is 0 Å². The molecule has 0 bridgehead atoms. The SMILES string of the molecule is O=C1CC2(CC(c3ccccc3)=NO2)C(=O)O1. The van der Waals surface area contributed by atoms with Crippen LogP contribution in [0.3, 0.4) is 0 Å². The molecule has 86 valence electrons. The van der Waals surface area contributed by atoms with Crippen LogP contribution >= 0.6 is 0 Å². The highest BCUT2D eigenvalue weighted by molar-refractivity contribution is 6.08. The van der Waals surface area contributed by atoms with Crippen molar-refractivity contribution in [2.75, 3.05) is 0 Å². The zero-order valence-corrected chi connectivity index (χ0v) is 8.88. The minimum absolute atomic E-state index is 0.0638. The zero-order valence-electron chi connectivity index (χ0n) is 8.88. The van der Waals surface area contributed by atoms with E-state index in [1.165, 1.54) is 0 Å². The van der Waals surface area contributed by atoms with E-state index >= 15 is 0 Å². The summed E-state index contributed by atoms with van der Waals surface area (Å²) < 4.78 is 4.51. The van der Waals surface area contributed by atoms with E-state index in [4.69, 9.17) is 4.84 Å². The summed E-state index contributed by atoms with van der Waals surface area (Å²) in [7, 11) is 0. The Balaban J connectivity index is 1.86. The summed E-state index contributed by atoms with van der Waals surface area (Å²) in [6, 6.07) is 9.40. The van der Waals surface area contributed by atoms with Crippen molar-refractivity contribution < 1.29 is 19.2 Å². The maximum Gasteiger partial charge on any atom is 0.362 e. The first-order chi connectivity index (χ1) is 8.20. The van der Waals surface area contributed by atoms with Crippen molar-refractivity contribution >= 4 is 17.7 Å². The highest BCUT2D eigenvalue weighted by Crippen LogP contribution is 2.35. The van der Waals surface area contributed by atoms with Gasteiger partial charge in [0.05, 0.1) is 5.71 Å². The van der Waals surface area contributed by atoms with Crippen LogP contribution in [0, 0.1) is 0 Å². The van der Waals surface area contributed by atoms with Gasteiger partial charge in [0.1, 0.15) is 6.42 Å². The lowest BCUT2D eigenvalue weighted by atomic mass is 9.93.